The number of primary amides is 1. The zero-order valence-electron chi connectivity index (χ0n) is 12.1. The molecule has 2 aromatic heterocycles. The highest BCUT2D eigenvalue weighted by Crippen LogP contribution is 2.23. The number of aromatic nitrogens is 2. The van der Waals surface area contributed by atoms with E-state index in [4.69, 9.17) is 5.73 Å². The van der Waals surface area contributed by atoms with E-state index in [9.17, 15) is 14.7 Å². The second-order valence-corrected chi connectivity index (χ2v) is 5.62. The van der Waals surface area contributed by atoms with Gasteiger partial charge in [-0.15, -0.1) is 0 Å². The molecule has 22 heavy (non-hydrogen) atoms. The summed E-state index contributed by atoms with van der Waals surface area (Å²) < 4.78 is 0. The Labute approximate surface area is 127 Å². The van der Waals surface area contributed by atoms with Gasteiger partial charge in [-0.1, -0.05) is 0 Å². The first kappa shape index (κ1) is 14.5. The lowest BCUT2D eigenvalue weighted by molar-refractivity contribution is 0.0622. The molecule has 116 valence electrons. The zero-order valence-corrected chi connectivity index (χ0v) is 12.1. The van der Waals surface area contributed by atoms with Gasteiger partial charge in [-0.2, -0.15) is 0 Å². The molecule has 7 nitrogen and oxygen atoms in total. The molecule has 1 saturated heterocycles. The van der Waals surface area contributed by atoms with Gasteiger partial charge in [0, 0.05) is 31.3 Å². The Balaban J connectivity index is 1.93. The molecule has 0 saturated carbocycles. The summed E-state index contributed by atoms with van der Waals surface area (Å²) in [5.74, 6) is -0.600. The van der Waals surface area contributed by atoms with Gasteiger partial charge in [-0.25, -0.2) is 4.98 Å². The molecule has 0 radical (unpaired) electrons. The molecule has 1 aliphatic rings. The highest BCUT2D eigenvalue weighted by atomic mass is 16.3. The average Bonchev–Trinajstić information content (AvgIpc) is 2.97. The summed E-state index contributed by atoms with van der Waals surface area (Å²) in [5.41, 5.74) is 6.56. The molecule has 0 bridgehead atoms. The third kappa shape index (κ3) is 2.55. The molecule has 0 aliphatic carbocycles. The highest BCUT2D eigenvalue weighted by molar-refractivity contribution is 6.08. The first-order valence-corrected chi connectivity index (χ1v) is 7.27. The number of carbonyl (C=O) groups excluding carboxylic acids is 2. The molecule has 1 unspecified atom stereocenters. The zero-order chi connectivity index (χ0) is 15.7. The van der Waals surface area contributed by atoms with Crippen LogP contribution in [0, 0.1) is 5.92 Å². The van der Waals surface area contributed by atoms with Crippen molar-refractivity contribution in [3.8, 4) is 0 Å². The van der Waals surface area contributed by atoms with E-state index in [0.29, 0.717) is 29.6 Å². The van der Waals surface area contributed by atoms with Crippen LogP contribution in [0.15, 0.2) is 18.5 Å². The predicted molar refractivity (Wildman–Crippen MR) is 80.3 cm³/mol. The molecule has 1 atom stereocenters. The molecule has 1 aliphatic heterocycles. The number of H-pyrrole nitrogens is 1. The van der Waals surface area contributed by atoms with Crippen molar-refractivity contribution in [2.45, 2.75) is 12.8 Å². The number of hydrogen-bond donors (Lipinski definition) is 3. The number of carbonyl (C=O) groups is 2. The SMILES string of the molecule is NC(=O)c1cc2c(C(=O)N3CCCC(CO)C3)c[nH]c2cn1. The van der Waals surface area contributed by atoms with Crippen LogP contribution in [0.1, 0.15) is 33.7 Å². The Bertz CT molecular complexity index is 725. The fourth-order valence-corrected chi connectivity index (χ4v) is 2.90. The van der Waals surface area contributed by atoms with Gasteiger partial charge in [0.25, 0.3) is 11.8 Å². The van der Waals surface area contributed by atoms with E-state index in [1.807, 2.05) is 0 Å². The van der Waals surface area contributed by atoms with E-state index in [-0.39, 0.29) is 24.1 Å². The van der Waals surface area contributed by atoms with E-state index < -0.39 is 5.91 Å². The van der Waals surface area contributed by atoms with Crippen molar-refractivity contribution in [1.29, 1.82) is 0 Å². The van der Waals surface area contributed by atoms with Gasteiger partial charge in [0.2, 0.25) is 0 Å². The fourth-order valence-electron chi connectivity index (χ4n) is 2.90. The number of amides is 2. The maximum absolute atomic E-state index is 12.7. The molecule has 2 amide bonds. The minimum atomic E-state index is -0.625. The smallest absolute Gasteiger partial charge is 0.267 e. The second-order valence-electron chi connectivity index (χ2n) is 5.62. The molecule has 3 heterocycles. The third-order valence-corrected chi connectivity index (χ3v) is 4.11. The molecule has 2 aromatic rings. The number of aromatic amines is 1. The molecular weight excluding hydrogens is 284 g/mol. The number of pyridine rings is 1. The molecule has 4 N–H and O–H groups in total. The van der Waals surface area contributed by atoms with Gasteiger partial charge >= 0.3 is 0 Å². The summed E-state index contributed by atoms with van der Waals surface area (Å²) in [7, 11) is 0. The average molecular weight is 302 g/mol. The summed E-state index contributed by atoms with van der Waals surface area (Å²) in [6.07, 6.45) is 4.94. The molecule has 0 spiro atoms. The van der Waals surface area contributed by atoms with Gasteiger partial charge in [-0.05, 0) is 24.8 Å². The standard InChI is InChI=1S/C15H18N4O3/c16-14(21)12-4-10-11(5-17-13(10)6-18-12)15(22)19-3-1-2-9(7-19)8-20/h4-6,9,17,20H,1-3,7-8H2,(H2,16,21). The molecule has 0 aromatic carbocycles. The lowest BCUT2D eigenvalue weighted by atomic mass is 9.98. The first-order chi connectivity index (χ1) is 10.6. The van der Waals surface area contributed by atoms with E-state index in [0.717, 1.165) is 12.8 Å². The van der Waals surface area contributed by atoms with E-state index in [1.54, 1.807) is 11.1 Å². The summed E-state index contributed by atoms with van der Waals surface area (Å²) in [4.78, 5) is 32.7. The number of fused-ring (bicyclic) bond motifs is 1. The fraction of sp³-hybridized carbons (Fsp3) is 0.400. The van der Waals surface area contributed by atoms with Crippen LogP contribution < -0.4 is 5.73 Å². The predicted octanol–water partition coefficient (Wildman–Crippen LogP) is 0.506. The number of aliphatic hydroxyl groups is 1. The Morgan fingerprint density at radius 2 is 2.32 bits per heavy atom. The number of piperidine rings is 1. The summed E-state index contributed by atoms with van der Waals surface area (Å²) >= 11 is 0. The topological polar surface area (TPSA) is 112 Å². The second kappa shape index (κ2) is 5.76. The Morgan fingerprint density at radius 1 is 1.50 bits per heavy atom. The number of aliphatic hydroxyl groups excluding tert-OH is 1. The van der Waals surface area contributed by atoms with Crippen LogP contribution in [0.5, 0.6) is 0 Å². The van der Waals surface area contributed by atoms with Crippen LogP contribution in [0.25, 0.3) is 10.9 Å². The van der Waals surface area contributed by atoms with Crippen molar-refractivity contribution < 1.29 is 14.7 Å². The third-order valence-electron chi connectivity index (χ3n) is 4.11. The van der Waals surface area contributed by atoms with Crippen molar-refractivity contribution in [3.05, 3.63) is 29.7 Å². The maximum Gasteiger partial charge on any atom is 0.267 e. The lowest BCUT2D eigenvalue weighted by Crippen LogP contribution is -2.40. The first-order valence-electron chi connectivity index (χ1n) is 7.27. The number of rotatable bonds is 3. The summed E-state index contributed by atoms with van der Waals surface area (Å²) in [5, 5.41) is 9.93. The van der Waals surface area contributed by atoms with Gasteiger partial charge in [0.15, 0.2) is 0 Å². The maximum atomic E-state index is 12.7. The van der Waals surface area contributed by atoms with Crippen LogP contribution in [0.4, 0.5) is 0 Å². The Morgan fingerprint density at radius 3 is 3.05 bits per heavy atom. The molecular formula is C15H18N4O3. The quantitative estimate of drug-likeness (QED) is 0.766. The molecule has 3 rings (SSSR count). The number of nitrogens with zero attached hydrogens (tertiary/aromatic N) is 2. The minimum absolute atomic E-state index is 0.0907. The van der Waals surface area contributed by atoms with E-state index in [2.05, 4.69) is 9.97 Å². The highest BCUT2D eigenvalue weighted by Gasteiger charge is 2.25. The van der Waals surface area contributed by atoms with Gasteiger partial charge in [0.1, 0.15) is 5.69 Å². The summed E-state index contributed by atoms with van der Waals surface area (Å²) in [6.45, 7) is 1.32. The number of hydrogen-bond acceptors (Lipinski definition) is 4. The largest absolute Gasteiger partial charge is 0.396 e. The van der Waals surface area contributed by atoms with Crippen molar-refractivity contribution in [3.63, 3.8) is 0 Å². The normalized spacial score (nSPS) is 18.6. The molecule has 7 heteroatoms. The Hall–Kier alpha value is -2.41. The number of nitrogens with one attached hydrogen (secondary N) is 1. The van der Waals surface area contributed by atoms with Crippen LogP contribution in [-0.2, 0) is 0 Å². The Kier molecular flexibility index (Phi) is 3.81. The van der Waals surface area contributed by atoms with Crippen molar-refractivity contribution in [2.75, 3.05) is 19.7 Å². The monoisotopic (exact) mass is 302 g/mol. The van der Waals surface area contributed by atoms with Crippen LogP contribution in [0.2, 0.25) is 0 Å². The minimum Gasteiger partial charge on any atom is -0.396 e. The van der Waals surface area contributed by atoms with E-state index >= 15 is 0 Å². The lowest BCUT2D eigenvalue weighted by Gasteiger charge is -2.31. The molecule has 1 fully saturated rings. The van der Waals surface area contributed by atoms with Crippen LogP contribution in [-0.4, -0.2) is 51.5 Å². The number of nitrogens with two attached hydrogens (primary N) is 1. The van der Waals surface area contributed by atoms with Gasteiger partial charge in [-0.3, -0.25) is 9.59 Å². The van der Waals surface area contributed by atoms with Gasteiger partial charge in [0.05, 0.1) is 17.3 Å². The van der Waals surface area contributed by atoms with Crippen LogP contribution in [0.3, 0.4) is 0 Å². The van der Waals surface area contributed by atoms with Gasteiger partial charge < -0.3 is 20.7 Å². The van der Waals surface area contributed by atoms with E-state index in [1.165, 1.54) is 12.3 Å². The summed E-state index contributed by atoms with van der Waals surface area (Å²) in [6, 6.07) is 1.54. The van der Waals surface area contributed by atoms with Crippen molar-refractivity contribution >= 4 is 22.7 Å². The van der Waals surface area contributed by atoms with Crippen molar-refractivity contribution in [2.24, 2.45) is 11.7 Å². The van der Waals surface area contributed by atoms with Crippen molar-refractivity contribution in [1.82, 2.24) is 14.9 Å². The van der Waals surface area contributed by atoms with Crippen LogP contribution >= 0.6 is 0 Å². The number of likely N-dealkylation sites (tertiary alicyclic amines) is 1.